The molecule has 4 nitrogen and oxygen atoms in total. The van der Waals surface area contributed by atoms with E-state index in [9.17, 15) is 9.59 Å². The van der Waals surface area contributed by atoms with Gasteiger partial charge < -0.3 is 9.80 Å². The molecule has 136 valence electrons. The SMILES string of the molecule is Cc1ccc(CCC(=O)N2CCN(C(=O)c3ccccc3Cl)CC2)cc1. The average Bonchev–Trinajstić information content (AvgIpc) is 2.67. The smallest absolute Gasteiger partial charge is 0.255 e. The first-order valence-electron chi connectivity index (χ1n) is 8.92. The van der Waals surface area contributed by atoms with E-state index in [0.29, 0.717) is 43.2 Å². The van der Waals surface area contributed by atoms with Crippen LogP contribution in [0.4, 0.5) is 0 Å². The van der Waals surface area contributed by atoms with E-state index >= 15 is 0 Å². The van der Waals surface area contributed by atoms with Gasteiger partial charge in [-0.15, -0.1) is 0 Å². The minimum atomic E-state index is -0.0673. The Bertz CT molecular complexity index is 781. The average molecular weight is 371 g/mol. The number of carbonyl (C=O) groups is 2. The van der Waals surface area contributed by atoms with Gasteiger partial charge in [0.1, 0.15) is 0 Å². The Balaban J connectivity index is 1.50. The van der Waals surface area contributed by atoms with E-state index in [4.69, 9.17) is 11.6 Å². The maximum atomic E-state index is 12.6. The van der Waals surface area contributed by atoms with Crippen molar-refractivity contribution in [1.82, 2.24) is 9.80 Å². The largest absolute Gasteiger partial charge is 0.339 e. The molecule has 2 amide bonds. The summed E-state index contributed by atoms with van der Waals surface area (Å²) >= 11 is 6.11. The van der Waals surface area contributed by atoms with E-state index in [2.05, 4.69) is 31.2 Å². The molecule has 26 heavy (non-hydrogen) atoms. The molecule has 2 aromatic rings. The summed E-state index contributed by atoms with van der Waals surface area (Å²) in [5, 5.41) is 0.467. The quantitative estimate of drug-likeness (QED) is 0.825. The maximum absolute atomic E-state index is 12.6. The number of carbonyl (C=O) groups excluding carboxylic acids is 2. The standard InChI is InChI=1S/C21H23ClN2O2/c1-16-6-8-17(9-7-16)10-11-20(25)23-12-14-24(15-13-23)21(26)18-4-2-3-5-19(18)22/h2-9H,10-15H2,1H3. The van der Waals surface area contributed by atoms with Crippen molar-refractivity contribution >= 4 is 23.4 Å². The van der Waals surface area contributed by atoms with Gasteiger partial charge in [0, 0.05) is 32.6 Å². The first-order chi connectivity index (χ1) is 12.5. The molecule has 1 saturated heterocycles. The molecule has 0 radical (unpaired) electrons. The van der Waals surface area contributed by atoms with E-state index < -0.39 is 0 Å². The summed E-state index contributed by atoms with van der Waals surface area (Å²) in [6.07, 6.45) is 1.25. The van der Waals surface area contributed by atoms with Gasteiger partial charge in [-0.1, -0.05) is 53.6 Å². The second kappa shape index (κ2) is 8.37. The van der Waals surface area contributed by atoms with E-state index in [0.717, 1.165) is 6.42 Å². The molecule has 0 unspecified atom stereocenters. The summed E-state index contributed by atoms with van der Waals surface area (Å²) in [7, 11) is 0. The third-order valence-corrected chi connectivity index (χ3v) is 5.10. The molecule has 0 aromatic heterocycles. The fourth-order valence-electron chi connectivity index (χ4n) is 3.13. The molecule has 0 aliphatic carbocycles. The monoisotopic (exact) mass is 370 g/mol. The van der Waals surface area contributed by atoms with Crippen LogP contribution in [0.3, 0.4) is 0 Å². The third kappa shape index (κ3) is 4.44. The number of benzene rings is 2. The Kier molecular flexibility index (Phi) is 5.94. The molecular formula is C21H23ClN2O2. The van der Waals surface area contributed by atoms with Gasteiger partial charge in [-0.05, 0) is 31.0 Å². The van der Waals surface area contributed by atoms with Crippen molar-refractivity contribution in [2.45, 2.75) is 19.8 Å². The minimum Gasteiger partial charge on any atom is -0.339 e. The predicted octanol–water partition coefficient (Wildman–Crippen LogP) is 3.57. The van der Waals surface area contributed by atoms with E-state index in [1.807, 2.05) is 17.0 Å². The number of rotatable bonds is 4. The topological polar surface area (TPSA) is 40.6 Å². The van der Waals surface area contributed by atoms with Crippen LogP contribution in [0, 0.1) is 6.92 Å². The lowest BCUT2D eigenvalue weighted by Crippen LogP contribution is -2.50. The van der Waals surface area contributed by atoms with Crippen molar-refractivity contribution in [2.24, 2.45) is 0 Å². The highest BCUT2D eigenvalue weighted by Gasteiger charge is 2.25. The summed E-state index contributed by atoms with van der Waals surface area (Å²) in [4.78, 5) is 28.6. The zero-order valence-corrected chi connectivity index (χ0v) is 15.7. The van der Waals surface area contributed by atoms with Crippen molar-refractivity contribution in [3.05, 3.63) is 70.2 Å². The number of hydrogen-bond donors (Lipinski definition) is 0. The molecule has 0 spiro atoms. The van der Waals surface area contributed by atoms with Crippen LogP contribution in [0.1, 0.15) is 27.9 Å². The van der Waals surface area contributed by atoms with Gasteiger partial charge in [-0.2, -0.15) is 0 Å². The Labute approximate surface area is 159 Å². The fraction of sp³-hybridized carbons (Fsp3) is 0.333. The molecule has 2 aromatic carbocycles. The highest BCUT2D eigenvalue weighted by atomic mass is 35.5. The zero-order valence-electron chi connectivity index (χ0n) is 15.0. The minimum absolute atomic E-state index is 0.0673. The molecule has 1 fully saturated rings. The lowest BCUT2D eigenvalue weighted by Gasteiger charge is -2.35. The van der Waals surface area contributed by atoms with Crippen LogP contribution in [0.5, 0.6) is 0 Å². The van der Waals surface area contributed by atoms with E-state index in [1.54, 1.807) is 17.0 Å². The van der Waals surface area contributed by atoms with Crippen LogP contribution < -0.4 is 0 Å². The van der Waals surface area contributed by atoms with Gasteiger partial charge in [0.2, 0.25) is 5.91 Å². The third-order valence-electron chi connectivity index (χ3n) is 4.77. The lowest BCUT2D eigenvalue weighted by molar-refractivity contribution is -0.132. The van der Waals surface area contributed by atoms with Crippen LogP contribution in [0.15, 0.2) is 48.5 Å². The molecule has 0 saturated carbocycles. The van der Waals surface area contributed by atoms with Gasteiger partial charge in [-0.25, -0.2) is 0 Å². The second-order valence-corrected chi connectivity index (χ2v) is 7.05. The Hall–Kier alpha value is -2.33. The fourth-order valence-corrected chi connectivity index (χ4v) is 3.34. The van der Waals surface area contributed by atoms with Crippen molar-refractivity contribution in [2.75, 3.05) is 26.2 Å². The molecule has 1 aliphatic heterocycles. The molecule has 3 rings (SSSR count). The van der Waals surface area contributed by atoms with Crippen LogP contribution in [-0.4, -0.2) is 47.8 Å². The summed E-state index contributed by atoms with van der Waals surface area (Å²) in [6.45, 7) is 4.28. The molecule has 5 heteroatoms. The number of piperazine rings is 1. The molecule has 0 N–H and O–H groups in total. The van der Waals surface area contributed by atoms with Crippen LogP contribution >= 0.6 is 11.6 Å². The Morgan fingerprint density at radius 3 is 2.19 bits per heavy atom. The lowest BCUT2D eigenvalue weighted by atomic mass is 10.1. The molecular weight excluding hydrogens is 348 g/mol. The number of halogens is 1. The molecule has 0 bridgehead atoms. The summed E-state index contributed by atoms with van der Waals surface area (Å²) in [5.74, 6) is 0.0813. The molecule has 1 aliphatic rings. The number of amides is 2. The normalized spacial score (nSPS) is 14.4. The van der Waals surface area contributed by atoms with Gasteiger partial charge in [0.15, 0.2) is 0 Å². The second-order valence-electron chi connectivity index (χ2n) is 6.64. The summed E-state index contributed by atoms with van der Waals surface area (Å²) < 4.78 is 0. The van der Waals surface area contributed by atoms with Gasteiger partial charge in [-0.3, -0.25) is 9.59 Å². The maximum Gasteiger partial charge on any atom is 0.255 e. The highest BCUT2D eigenvalue weighted by molar-refractivity contribution is 6.33. The zero-order chi connectivity index (χ0) is 18.5. The Morgan fingerprint density at radius 1 is 0.923 bits per heavy atom. The number of aryl methyl sites for hydroxylation is 2. The van der Waals surface area contributed by atoms with E-state index in [-0.39, 0.29) is 11.8 Å². The molecule has 1 heterocycles. The van der Waals surface area contributed by atoms with Crippen LogP contribution in [0.2, 0.25) is 5.02 Å². The number of nitrogens with zero attached hydrogens (tertiary/aromatic N) is 2. The van der Waals surface area contributed by atoms with Crippen molar-refractivity contribution in [1.29, 1.82) is 0 Å². The predicted molar refractivity (Wildman–Crippen MR) is 103 cm³/mol. The van der Waals surface area contributed by atoms with Gasteiger partial charge in [0.25, 0.3) is 5.91 Å². The van der Waals surface area contributed by atoms with Gasteiger partial charge >= 0.3 is 0 Å². The van der Waals surface area contributed by atoms with E-state index in [1.165, 1.54) is 11.1 Å². The van der Waals surface area contributed by atoms with Crippen molar-refractivity contribution in [3.8, 4) is 0 Å². The van der Waals surface area contributed by atoms with Crippen molar-refractivity contribution < 1.29 is 9.59 Å². The van der Waals surface area contributed by atoms with Crippen molar-refractivity contribution in [3.63, 3.8) is 0 Å². The molecule has 0 atom stereocenters. The summed E-state index contributed by atoms with van der Waals surface area (Å²) in [6, 6.07) is 15.4. The van der Waals surface area contributed by atoms with Gasteiger partial charge in [0.05, 0.1) is 10.6 Å². The first-order valence-corrected chi connectivity index (χ1v) is 9.29. The number of hydrogen-bond acceptors (Lipinski definition) is 2. The van der Waals surface area contributed by atoms with Crippen LogP contribution in [-0.2, 0) is 11.2 Å². The first kappa shape index (κ1) is 18.5. The van der Waals surface area contributed by atoms with Crippen LogP contribution in [0.25, 0.3) is 0 Å². The highest BCUT2D eigenvalue weighted by Crippen LogP contribution is 2.18. The summed E-state index contributed by atoms with van der Waals surface area (Å²) in [5.41, 5.74) is 2.92. The Morgan fingerprint density at radius 2 is 1.54 bits per heavy atom.